The maximum Gasteiger partial charge on any atom is 0.279 e. The number of hydrogen-bond acceptors (Lipinski definition) is 6. The van der Waals surface area contributed by atoms with Crippen LogP contribution in [0.25, 0.3) is 10.2 Å². The van der Waals surface area contributed by atoms with Crippen molar-refractivity contribution < 1.29 is 14.6 Å². The fraction of sp³-hybridized carbons (Fsp3) is 0.0500. The van der Waals surface area contributed by atoms with Crippen LogP contribution in [0.15, 0.2) is 66.9 Å². The van der Waals surface area contributed by atoms with E-state index in [1.54, 1.807) is 6.07 Å². The van der Waals surface area contributed by atoms with E-state index in [2.05, 4.69) is 15.3 Å². The number of thiazole rings is 1. The van der Waals surface area contributed by atoms with Crippen molar-refractivity contribution in [1.29, 1.82) is 0 Å². The Morgan fingerprint density at radius 1 is 1.11 bits per heavy atom. The first-order valence-corrected chi connectivity index (χ1v) is 9.03. The lowest BCUT2D eigenvalue weighted by Crippen LogP contribution is -2.13. The molecule has 0 aliphatic rings. The van der Waals surface area contributed by atoms with Crippen LogP contribution in [-0.2, 0) is 6.61 Å². The van der Waals surface area contributed by atoms with E-state index in [1.165, 1.54) is 23.6 Å². The first-order valence-electron chi connectivity index (χ1n) is 8.22. The maximum atomic E-state index is 12.2. The molecular formula is C20H15N3O3S. The van der Waals surface area contributed by atoms with Crippen LogP contribution in [0.1, 0.15) is 16.1 Å². The fourth-order valence-electron chi connectivity index (χ4n) is 2.52. The van der Waals surface area contributed by atoms with Gasteiger partial charge in [-0.1, -0.05) is 41.7 Å². The number of anilines is 1. The molecule has 0 fully saturated rings. The van der Waals surface area contributed by atoms with Gasteiger partial charge in [0.1, 0.15) is 18.1 Å². The molecule has 0 atom stereocenters. The van der Waals surface area contributed by atoms with Crippen molar-refractivity contribution in [3.8, 4) is 11.5 Å². The predicted molar refractivity (Wildman–Crippen MR) is 104 cm³/mol. The van der Waals surface area contributed by atoms with Gasteiger partial charge in [0, 0.05) is 6.20 Å². The van der Waals surface area contributed by atoms with Gasteiger partial charge < -0.3 is 9.84 Å². The Morgan fingerprint density at radius 2 is 1.96 bits per heavy atom. The number of carbonyl (C=O) groups is 1. The molecule has 0 radical (unpaired) electrons. The number of nitrogens with one attached hydrogen (secondary N) is 1. The Balaban J connectivity index is 1.49. The molecule has 4 aromatic rings. The van der Waals surface area contributed by atoms with Gasteiger partial charge in [0.15, 0.2) is 10.8 Å². The second-order valence-electron chi connectivity index (χ2n) is 5.75. The number of rotatable bonds is 5. The van der Waals surface area contributed by atoms with Gasteiger partial charge in [-0.05, 0) is 35.9 Å². The Hall–Kier alpha value is -3.45. The van der Waals surface area contributed by atoms with Crippen molar-refractivity contribution in [3.05, 3.63) is 78.1 Å². The van der Waals surface area contributed by atoms with Gasteiger partial charge in [-0.15, -0.1) is 0 Å². The van der Waals surface area contributed by atoms with Crippen LogP contribution in [-0.4, -0.2) is 21.0 Å². The summed E-state index contributed by atoms with van der Waals surface area (Å²) in [5.74, 6) is 0.0515. The second-order valence-corrected chi connectivity index (χ2v) is 6.78. The van der Waals surface area contributed by atoms with Crippen molar-refractivity contribution in [2.24, 2.45) is 0 Å². The number of carbonyl (C=O) groups excluding carboxylic acids is 1. The van der Waals surface area contributed by atoms with Crippen LogP contribution >= 0.6 is 11.3 Å². The Bertz CT molecular complexity index is 1100. The summed E-state index contributed by atoms with van der Waals surface area (Å²) in [5, 5.41) is 12.8. The van der Waals surface area contributed by atoms with Crippen LogP contribution in [0.5, 0.6) is 11.5 Å². The highest BCUT2D eigenvalue weighted by molar-refractivity contribution is 7.22. The lowest BCUT2D eigenvalue weighted by molar-refractivity contribution is 0.101. The molecule has 1 amide bonds. The van der Waals surface area contributed by atoms with Gasteiger partial charge in [0.2, 0.25) is 0 Å². The highest BCUT2D eigenvalue weighted by Gasteiger charge is 2.15. The number of aromatic nitrogens is 2. The molecule has 7 heteroatoms. The quantitative estimate of drug-likeness (QED) is 0.544. The lowest BCUT2D eigenvalue weighted by Gasteiger charge is -2.05. The van der Waals surface area contributed by atoms with E-state index in [4.69, 9.17) is 4.74 Å². The molecule has 4 rings (SSSR count). The third-order valence-corrected chi connectivity index (χ3v) is 4.76. The Labute approximate surface area is 159 Å². The number of ether oxygens (including phenoxy) is 1. The standard InChI is InChI=1S/C20H15N3O3S/c24-16-7-4-10-21-18(16)19(25)23-20-22-15-9-8-14(11-17(15)27-20)26-12-13-5-2-1-3-6-13/h1-11,24H,12H2,(H,22,23,25). The van der Waals surface area contributed by atoms with Crippen molar-refractivity contribution in [3.63, 3.8) is 0 Å². The summed E-state index contributed by atoms with van der Waals surface area (Å²) in [5.41, 5.74) is 1.81. The molecule has 0 spiro atoms. The molecule has 0 unspecified atom stereocenters. The van der Waals surface area contributed by atoms with Crippen LogP contribution in [0.2, 0.25) is 0 Å². The molecule has 2 heterocycles. The van der Waals surface area contributed by atoms with E-state index in [-0.39, 0.29) is 11.4 Å². The summed E-state index contributed by atoms with van der Waals surface area (Å²) in [7, 11) is 0. The maximum absolute atomic E-state index is 12.2. The molecule has 6 nitrogen and oxygen atoms in total. The fourth-order valence-corrected chi connectivity index (χ4v) is 3.41. The Morgan fingerprint density at radius 3 is 2.78 bits per heavy atom. The van der Waals surface area contributed by atoms with Crippen molar-refractivity contribution in [2.45, 2.75) is 6.61 Å². The van der Waals surface area contributed by atoms with Gasteiger partial charge in [0.25, 0.3) is 5.91 Å². The summed E-state index contributed by atoms with van der Waals surface area (Å²) in [4.78, 5) is 20.5. The first-order chi connectivity index (χ1) is 13.2. The van der Waals surface area contributed by atoms with Gasteiger partial charge in [0.05, 0.1) is 10.2 Å². The molecule has 27 heavy (non-hydrogen) atoms. The van der Waals surface area contributed by atoms with Gasteiger partial charge >= 0.3 is 0 Å². The van der Waals surface area contributed by atoms with Gasteiger partial charge in [-0.2, -0.15) is 0 Å². The van der Waals surface area contributed by atoms with Crippen LogP contribution in [0.3, 0.4) is 0 Å². The van der Waals surface area contributed by atoms with Gasteiger partial charge in [-0.25, -0.2) is 9.97 Å². The second kappa shape index (κ2) is 7.43. The molecule has 0 saturated carbocycles. The molecule has 0 aliphatic carbocycles. The molecule has 2 N–H and O–H groups in total. The average Bonchev–Trinajstić information content (AvgIpc) is 3.09. The van der Waals surface area contributed by atoms with E-state index < -0.39 is 5.91 Å². The monoisotopic (exact) mass is 377 g/mol. The number of fused-ring (bicyclic) bond motifs is 1. The van der Waals surface area contributed by atoms with E-state index in [1.807, 2.05) is 48.5 Å². The highest BCUT2D eigenvalue weighted by Crippen LogP contribution is 2.30. The summed E-state index contributed by atoms with van der Waals surface area (Å²) in [6, 6.07) is 18.5. The Kier molecular flexibility index (Phi) is 4.67. The van der Waals surface area contributed by atoms with E-state index in [0.717, 1.165) is 21.5 Å². The van der Waals surface area contributed by atoms with Crippen LogP contribution < -0.4 is 10.1 Å². The minimum absolute atomic E-state index is 0.0383. The smallest absolute Gasteiger partial charge is 0.279 e. The predicted octanol–water partition coefficient (Wildman–Crippen LogP) is 4.23. The minimum atomic E-state index is -0.507. The van der Waals surface area contributed by atoms with Crippen molar-refractivity contribution in [1.82, 2.24) is 9.97 Å². The zero-order chi connectivity index (χ0) is 18.6. The molecule has 2 aromatic carbocycles. The largest absolute Gasteiger partial charge is 0.505 e. The van der Waals surface area contributed by atoms with Crippen molar-refractivity contribution in [2.75, 3.05) is 5.32 Å². The lowest BCUT2D eigenvalue weighted by atomic mass is 10.2. The summed E-state index contributed by atoms with van der Waals surface area (Å²) in [6.07, 6.45) is 1.45. The summed E-state index contributed by atoms with van der Waals surface area (Å²) in [6.45, 7) is 0.480. The molecular weight excluding hydrogens is 362 g/mol. The molecule has 0 bridgehead atoms. The topological polar surface area (TPSA) is 84.3 Å². The number of benzene rings is 2. The van der Waals surface area contributed by atoms with Gasteiger partial charge in [-0.3, -0.25) is 10.1 Å². The normalized spacial score (nSPS) is 10.7. The average molecular weight is 377 g/mol. The zero-order valence-electron chi connectivity index (χ0n) is 14.1. The number of hydrogen-bond donors (Lipinski definition) is 2. The zero-order valence-corrected chi connectivity index (χ0v) is 14.9. The van der Waals surface area contributed by atoms with Crippen molar-refractivity contribution >= 4 is 32.6 Å². The van der Waals surface area contributed by atoms with E-state index in [0.29, 0.717) is 11.7 Å². The number of nitrogens with zero attached hydrogens (tertiary/aromatic N) is 2. The third-order valence-electron chi connectivity index (χ3n) is 3.83. The summed E-state index contributed by atoms with van der Waals surface area (Å²) < 4.78 is 6.71. The van der Waals surface area contributed by atoms with E-state index in [9.17, 15) is 9.90 Å². The van der Waals surface area contributed by atoms with E-state index >= 15 is 0 Å². The van der Waals surface area contributed by atoms with Crippen LogP contribution in [0.4, 0.5) is 5.13 Å². The number of amides is 1. The highest BCUT2D eigenvalue weighted by atomic mass is 32.1. The molecule has 0 aliphatic heterocycles. The first kappa shape index (κ1) is 17.0. The molecule has 2 aromatic heterocycles. The SMILES string of the molecule is O=C(Nc1nc2ccc(OCc3ccccc3)cc2s1)c1ncccc1O. The minimum Gasteiger partial charge on any atom is -0.505 e. The number of aromatic hydroxyl groups is 1. The molecule has 0 saturated heterocycles. The number of pyridine rings is 1. The third kappa shape index (κ3) is 3.88. The van der Waals surface area contributed by atoms with Crippen LogP contribution in [0, 0.1) is 0 Å². The summed E-state index contributed by atoms with van der Waals surface area (Å²) >= 11 is 1.33. The molecule has 134 valence electrons.